The van der Waals surface area contributed by atoms with Gasteiger partial charge in [-0.3, -0.25) is 0 Å². The number of hydrogen-bond donors (Lipinski definition) is 2. The molecule has 2 rings (SSSR count). The summed E-state index contributed by atoms with van der Waals surface area (Å²) < 4.78 is 0. The summed E-state index contributed by atoms with van der Waals surface area (Å²) in [5.41, 5.74) is 6.07. The highest BCUT2D eigenvalue weighted by molar-refractivity contribution is 5.85. The van der Waals surface area contributed by atoms with Crippen molar-refractivity contribution in [3.63, 3.8) is 0 Å². The number of amides is 1. The van der Waals surface area contributed by atoms with E-state index < -0.39 is 6.09 Å². The number of rotatable bonds is 3. The van der Waals surface area contributed by atoms with E-state index in [1.54, 1.807) is 0 Å². The molecule has 2 aliphatic rings. The Bertz CT molecular complexity index is 238. The molecule has 5 heteroatoms. The lowest BCUT2D eigenvalue weighted by atomic mass is 9.89. The summed E-state index contributed by atoms with van der Waals surface area (Å²) in [5.74, 6) is 1.42. The first kappa shape index (κ1) is 13.6. The Morgan fingerprint density at radius 1 is 1.31 bits per heavy atom. The summed E-state index contributed by atoms with van der Waals surface area (Å²) in [6.07, 6.45) is 4.90. The maximum atomic E-state index is 10.7. The minimum absolute atomic E-state index is 0. The lowest BCUT2D eigenvalue weighted by molar-refractivity contribution is 0.121. The molecule has 0 aromatic carbocycles. The van der Waals surface area contributed by atoms with Crippen molar-refractivity contribution in [1.29, 1.82) is 0 Å². The van der Waals surface area contributed by atoms with Crippen LogP contribution in [0.5, 0.6) is 0 Å². The van der Waals surface area contributed by atoms with Crippen LogP contribution < -0.4 is 5.73 Å². The molecule has 1 saturated carbocycles. The van der Waals surface area contributed by atoms with Crippen LogP contribution in [0.2, 0.25) is 0 Å². The number of nitrogens with zero attached hydrogens (tertiary/aromatic N) is 1. The van der Waals surface area contributed by atoms with E-state index in [4.69, 9.17) is 10.8 Å². The third kappa shape index (κ3) is 3.52. The summed E-state index contributed by atoms with van der Waals surface area (Å²) in [4.78, 5) is 12.2. The van der Waals surface area contributed by atoms with Gasteiger partial charge in [-0.15, -0.1) is 12.4 Å². The van der Waals surface area contributed by atoms with Crippen LogP contribution in [0, 0.1) is 11.8 Å². The van der Waals surface area contributed by atoms with Gasteiger partial charge in [0.2, 0.25) is 0 Å². The molecular weight excluding hydrogens is 228 g/mol. The van der Waals surface area contributed by atoms with E-state index >= 15 is 0 Å². The van der Waals surface area contributed by atoms with Crippen molar-refractivity contribution in [2.75, 3.05) is 13.1 Å². The second-order valence-corrected chi connectivity index (χ2v) is 4.95. The average Bonchev–Trinajstić information content (AvgIpc) is 3.01. The van der Waals surface area contributed by atoms with Crippen LogP contribution >= 0.6 is 12.4 Å². The third-order valence-corrected chi connectivity index (χ3v) is 3.72. The first-order valence-electron chi connectivity index (χ1n) is 5.90. The molecular formula is C11H21ClN2O2. The maximum Gasteiger partial charge on any atom is 0.407 e. The van der Waals surface area contributed by atoms with Gasteiger partial charge in [-0.2, -0.15) is 0 Å². The Morgan fingerprint density at radius 2 is 1.88 bits per heavy atom. The van der Waals surface area contributed by atoms with Gasteiger partial charge in [-0.05, 0) is 43.9 Å². The average molecular weight is 249 g/mol. The molecule has 0 radical (unpaired) electrons. The predicted molar refractivity (Wildman–Crippen MR) is 64.9 cm³/mol. The highest BCUT2D eigenvalue weighted by Crippen LogP contribution is 2.35. The Kier molecular flexibility index (Phi) is 4.87. The highest BCUT2D eigenvalue weighted by atomic mass is 35.5. The van der Waals surface area contributed by atoms with Crippen LogP contribution in [-0.4, -0.2) is 35.2 Å². The van der Waals surface area contributed by atoms with Gasteiger partial charge in [-0.25, -0.2) is 4.79 Å². The van der Waals surface area contributed by atoms with E-state index in [2.05, 4.69) is 0 Å². The first-order chi connectivity index (χ1) is 7.16. The molecule has 2 fully saturated rings. The number of likely N-dealkylation sites (tertiary alicyclic amines) is 1. The molecule has 16 heavy (non-hydrogen) atoms. The fourth-order valence-electron chi connectivity index (χ4n) is 2.46. The molecule has 3 N–H and O–H groups in total. The highest BCUT2D eigenvalue weighted by Gasteiger charge is 2.31. The quantitative estimate of drug-likeness (QED) is 0.802. The van der Waals surface area contributed by atoms with Crippen LogP contribution in [0.25, 0.3) is 0 Å². The van der Waals surface area contributed by atoms with Crippen molar-refractivity contribution in [2.45, 2.75) is 38.1 Å². The third-order valence-electron chi connectivity index (χ3n) is 3.72. The fraction of sp³-hybridized carbons (Fsp3) is 0.909. The Balaban J connectivity index is 0.00000128. The van der Waals surface area contributed by atoms with Gasteiger partial charge >= 0.3 is 6.09 Å². The topological polar surface area (TPSA) is 66.6 Å². The van der Waals surface area contributed by atoms with Crippen molar-refractivity contribution in [3.8, 4) is 0 Å². The van der Waals surface area contributed by atoms with E-state index in [1.807, 2.05) is 0 Å². The second kappa shape index (κ2) is 5.73. The van der Waals surface area contributed by atoms with Gasteiger partial charge in [0, 0.05) is 19.1 Å². The van der Waals surface area contributed by atoms with Crippen LogP contribution in [0.3, 0.4) is 0 Å². The minimum atomic E-state index is -0.778. The number of hydrogen-bond acceptors (Lipinski definition) is 2. The smallest absolute Gasteiger partial charge is 0.407 e. The summed E-state index contributed by atoms with van der Waals surface area (Å²) in [7, 11) is 0. The molecule has 0 aromatic heterocycles. The van der Waals surface area contributed by atoms with Gasteiger partial charge in [0.15, 0.2) is 0 Å². The van der Waals surface area contributed by atoms with E-state index in [0.717, 1.165) is 25.2 Å². The van der Waals surface area contributed by atoms with Crippen molar-refractivity contribution in [2.24, 2.45) is 17.6 Å². The fourth-order valence-corrected chi connectivity index (χ4v) is 2.46. The Labute approximate surface area is 103 Å². The molecule has 1 aliphatic heterocycles. The maximum absolute atomic E-state index is 10.7. The van der Waals surface area contributed by atoms with Crippen molar-refractivity contribution < 1.29 is 9.90 Å². The van der Waals surface area contributed by atoms with Gasteiger partial charge in [-0.1, -0.05) is 0 Å². The number of nitrogens with two attached hydrogens (primary N) is 1. The summed E-state index contributed by atoms with van der Waals surface area (Å²) >= 11 is 0. The molecule has 1 atom stereocenters. The van der Waals surface area contributed by atoms with Gasteiger partial charge in [0.25, 0.3) is 0 Å². The zero-order valence-electron chi connectivity index (χ0n) is 9.47. The van der Waals surface area contributed by atoms with E-state index in [9.17, 15) is 4.79 Å². The van der Waals surface area contributed by atoms with Crippen LogP contribution in [-0.2, 0) is 0 Å². The van der Waals surface area contributed by atoms with Crippen molar-refractivity contribution in [1.82, 2.24) is 4.90 Å². The summed E-state index contributed by atoms with van der Waals surface area (Å²) in [5, 5.41) is 8.81. The zero-order valence-corrected chi connectivity index (χ0v) is 10.3. The SMILES string of the molecule is Cl.N[C@@H](CC1CCN(C(=O)O)CC1)C1CC1. The normalized spacial score (nSPS) is 23.7. The molecule has 1 heterocycles. The Hall–Kier alpha value is -0.480. The van der Waals surface area contributed by atoms with Crippen LogP contribution in [0.1, 0.15) is 32.1 Å². The second-order valence-electron chi connectivity index (χ2n) is 4.95. The molecule has 1 amide bonds. The summed E-state index contributed by atoms with van der Waals surface area (Å²) in [6, 6.07) is 0.367. The van der Waals surface area contributed by atoms with E-state index in [-0.39, 0.29) is 12.4 Å². The number of piperidine rings is 1. The molecule has 0 unspecified atom stereocenters. The molecule has 4 nitrogen and oxygen atoms in total. The van der Waals surface area contributed by atoms with E-state index in [1.165, 1.54) is 17.7 Å². The van der Waals surface area contributed by atoms with Crippen LogP contribution in [0.4, 0.5) is 4.79 Å². The number of carbonyl (C=O) groups is 1. The molecule has 0 aromatic rings. The molecule has 1 saturated heterocycles. The number of halogens is 1. The number of carboxylic acid groups (broad SMARTS) is 1. The van der Waals surface area contributed by atoms with Gasteiger partial charge < -0.3 is 15.7 Å². The largest absolute Gasteiger partial charge is 0.465 e. The zero-order chi connectivity index (χ0) is 10.8. The molecule has 94 valence electrons. The van der Waals surface area contributed by atoms with Crippen LogP contribution in [0.15, 0.2) is 0 Å². The summed E-state index contributed by atoms with van der Waals surface area (Å²) in [6.45, 7) is 1.38. The molecule has 0 spiro atoms. The minimum Gasteiger partial charge on any atom is -0.465 e. The van der Waals surface area contributed by atoms with E-state index in [0.29, 0.717) is 25.0 Å². The standard InChI is InChI=1S/C11H20N2O2.ClH/c12-10(9-1-2-9)7-8-3-5-13(6-4-8)11(14)15;/h8-10H,1-7,12H2,(H,14,15);1H/t10-;/m0./s1. The molecule has 0 bridgehead atoms. The first-order valence-corrected chi connectivity index (χ1v) is 5.90. The molecule has 1 aliphatic carbocycles. The van der Waals surface area contributed by atoms with Crippen molar-refractivity contribution >= 4 is 18.5 Å². The Morgan fingerprint density at radius 3 is 2.31 bits per heavy atom. The van der Waals surface area contributed by atoms with Crippen molar-refractivity contribution in [3.05, 3.63) is 0 Å². The van der Waals surface area contributed by atoms with Gasteiger partial charge in [0.1, 0.15) is 0 Å². The predicted octanol–water partition coefficient (Wildman–Crippen LogP) is 1.93. The lowest BCUT2D eigenvalue weighted by Crippen LogP contribution is -2.39. The van der Waals surface area contributed by atoms with Gasteiger partial charge in [0.05, 0.1) is 0 Å². The monoisotopic (exact) mass is 248 g/mol. The lowest BCUT2D eigenvalue weighted by Gasteiger charge is -2.31.